The number of hydrogen-bond donors (Lipinski definition) is 1. The van der Waals surface area contributed by atoms with Crippen LogP contribution in [0.1, 0.15) is 21.7 Å². The minimum absolute atomic E-state index is 0.199. The minimum atomic E-state index is -1.20. The molecule has 0 fully saturated rings. The van der Waals surface area contributed by atoms with Crippen molar-refractivity contribution >= 4 is 5.97 Å². The third-order valence-corrected chi connectivity index (χ3v) is 3.11. The Morgan fingerprint density at radius 1 is 1.47 bits per heavy atom. The zero-order valence-electron chi connectivity index (χ0n) is 10.8. The van der Waals surface area contributed by atoms with E-state index in [2.05, 4.69) is 5.10 Å². The van der Waals surface area contributed by atoms with Gasteiger partial charge in [-0.1, -0.05) is 0 Å². The molecule has 100 valence electrons. The molecule has 0 aliphatic carbocycles. The number of rotatable bonds is 4. The number of nitrogens with zero attached hydrogens (tertiary/aromatic N) is 3. The molecule has 2 heterocycles. The minimum Gasteiger partial charge on any atom is -0.477 e. The van der Waals surface area contributed by atoms with E-state index in [9.17, 15) is 9.59 Å². The molecule has 2 aromatic heterocycles. The summed E-state index contributed by atoms with van der Waals surface area (Å²) in [5.41, 5.74) is 1.14. The molecule has 6 nitrogen and oxygen atoms in total. The lowest BCUT2D eigenvalue weighted by Crippen LogP contribution is -2.19. The van der Waals surface area contributed by atoms with E-state index < -0.39 is 11.4 Å². The van der Waals surface area contributed by atoms with Gasteiger partial charge in [0.2, 0.25) is 0 Å². The van der Waals surface area contributed by atoms with Crippen LogP contribution < -0.4 is 5.43 Å². The number of aromatic carboxylic acids is 1. The fourth-order valence-electron chi connectivity index (χ4n) is 1.95. The lowest BCUT2D eigenvalue weighted by molar-refractivity contribution is 0.0694. The van der Waals surface area contributed by atoms with Crippen molar-refractivity contribution in [1.82, 2.24) is 14.3 Å². The molecule has 0 saturated heterocycles. The van der Waals surface area contributed by atoms with Crippen LogP contribution in [-0.4, -0.2) is 25.4 Å². The highest BCUT2D eigenvalue weighted by Crippen LogP contribution is 2.04. The van der Waals surface area contributed by atoms with Crippen molar-refractivity contribution in [3.05, 3.63) is 51.7 Å². The molecule has 0 aliphatic rings. The lowest BCUT2D eigenvalue weighted by Gasteiger charge is -2.11. The Kier molecular flexibility index (Phi) is 3.50. The van der Waals surface area contributed by atoms with Gasteiger partial charge in [-0.3, -0.25) is 9.48 Å². The third-order valence-electron chi connectivity index (χ3n) is 3.11. The highest BCUT2D eigenvalue weighted by Gasteiger charge is 2.10. The first kappa shape index (κ1) is 13.1. The number of pyridine rings is 1. The predicted molar refractivity (Wildman–Crippen MR) is 69.3 cm³/mol. The maximum atomic E-state index is 11.5. The van der Waals surface area contributed by atoms with Crippen molar-refractivity contribution in [2.24, 2.45) is 7.05 Å². The van der Waals surface area contributed by atoms with Gasteiger partial charge < -0.3 is 9.67 Å². The van der Waals surface area contributed by atoms with E-state index in [1.807, 2.05) is 13.1 Å². The van der Waals surface area contributed by atoms with Crippen molar-refractivity contribution in [2.75, 3.05) is 0 Å². The van der Waals surface area contributed by atoms with Gasteiger partial charge in [-0.25, -0.2) is 4.79 Å². The van der Waals surface area contributed by atoms with E-state index >= 15 is 0 Å². The molecule has 0 unspecified atom stereocenters. The highest BCUT2D eigenvalue weighted by molar-refractivity contribution is 5.87. The summed E-state index contributed by atoms with van der Waals surface area (Å²) in [6.07, 6.45) is 3.84. The molecular formula is C13H15N3O3. The van der Waals surface area contributed by atoms with Crippen LogP contribution in [0.5, 0.6) is 0 Å². The van der Waals surface area contributed by atoms with Crippen molar-refractivity contribution in [3.63, 3.8) is 0 Å². The predicted octanol–water partition coefficient (Wildman–Crippen LogP) is 0.831. The summed E-state index contributed by atoms with van der Waals surface area (Å²) in [6.45, 7) is 2.39. The molecule has 2 aromatic rings. The standard InChI is InChI=1S/C13H15N3O3/c1-9-7-12(17)11(13(18)19)8-16(9)6-4-10-3-5-14-15(10)2/h3,5,7-8H,4,6H2,1-2H3,(H,18,19). The second-order valence-electron chi connectivity index (χ2n) is 4.39. The first-order chi connectivity index (χ1) is 8.99. The van der Waals surface area contributed by atoms with Crippen LogP contribution in [0.3, 0.4) is 0 Å². The number of hydrogen-bond acceptors (Lipinski definition) is 3. The first-order valence-corrected chi connectivity index (χ1v) is 5.90. The fraction of sp³-hybridized carbons (Fsp3) is 0.308. The van der Waals surface area contributed by atoms with E-state index in [1.165, 1.54) is 12.3 Å². The van der Waals surface area contributed by atoms with Gasteiger partial charge in [0.15, 0.2) is 5.43 Å². The molecule has 0 aliphatic heterocycles. The molecule has 0 radical (unpaired) electrons. The summed E-state index contributed by atoms with van der Waals surface area (Å²) in [4.78, 5) is 22.5. The number of carbonyl (C=O) groups is 1. The molecule has 0 spiro atoms. The Bertz CT molecular complexity index is 670. The number of aromatic nitrogens is 3. The van der Waals surface area contributed by atoms with Crippen molar-refractivity contribution in [2.45, 2.75) is 19.9 Å². The smallest absolute Gasteiger partial charge is 0.341 e. The lowest BCUT2D eigenvalue weighted by atomic mass is 10.2. The SMILES string of the molecule is Cc1cc(=O)c(C(=O)O)cn1CCc1ccnn1C. The van der Waals surface area contributed by atoms with E-state index in [4.69, 9.17) is 5.11 Å². The van der Waals surface area contributed by atoms with Crippen molar-refractivity contribution < 1.29 is 9.90 Å². The van der Waals surface area contributed by atoms with Crippen LogP contribution in [0.4, 0.5) is 0 Å². The maximum Gasteiger partial charge on any atom is 0.341 e. The quantitative estimate of drug-likeness (QED) is 0.884. The van der Waals surface area contributed by atoms with Gasteiger partial charge in [0, 0.05) is 49.9 Å². The topological polar surface area (TPSA) is 77.1 Å². The third kappa shape index (κ3) is 2.73. The Balaban J connectivity index is 2.25. The van der Waals surface area contributed by atoms with Gasteiger partial charge in [0.1, 0.15) is 5.56 Å². The van der Waals surface area contributed by atoms with E-state index in [1.54, 1.807) is 22.4 Å². The Morgan fingerprint density at radius 2 is 2.21 bits per heavy atom. The molecule has 0 aromatic carbocycles. The van der Waals surface area contributed by atoms with Crippen LogP contribution in [0.25, 0.3) is 0 Å². The van der Waals surface area contributed by atoms with Crippen LogP contribution in [0.2, 0.25) is 0 Å². The highest BCUT2D eigenvalue weighted by atomic mass is 16.4. The van der Waals surface area contributed by atoms with Crippen LogP contribution in [0.15, 0.2) is 29.3 Å². The average molecular weight is 261 g/mol. The van der Waals surface area contributed by atoms with E-state index in [0.717, 1.165) is 17.8 Å². The Morgan fingerprint density at radius 3 is 2.79 bits per heavy atom. The Hall–Kier alpha value is -2.37. The van der Waals surface area contributed by atoms with E-state index in [-0.39, 0.29) is 5.56 Å². The van der Waals surface area contributed by atoms with Gasteiger partial charge in [0.05, 0.1) is 0 Å². The largest absolute Gasteiger partial charge is 0.477 e. The molecule has 0 bridgehead atoms. The average Bonchev–Trinajstić information content (AvgIpc) is 2.73. The first-order valence-electron chi connectivity index (χ1n) is 5.90. The fourth-order valence-corrected chi connectivity index (χ4v) is 1.95. The molecule has 1 N–H and O–H groups in total. The number of carboxylic acids is 1. The van der Waals surface area contributed by atoms with Gasteiger partial charge in [-0.15, -0.1) is 0 Å². The molecular weight excluding hydrogens is 246 g/mol. The van der Waals surface area contributed by atoms with Crippen LogP contribution in [0, 0.1) is 6.92 Å². The molecule has 6 heteroatoms. The van der Waals surface area contributed by atoms with Gasteiger partial charge in [0.25, 0.3) is 0 Å². The van der Waals surface area contributed by atoms with Gasteiger partial charge >= 0.3 is 5.97 Å². The molecule has 0 atom stereocenters. The van der Waals surface area contributed by atoms with Crippen molar-refractivity contribution in [3.8, 4) is 0 Å². The summed E-state index contributed by atoms with van der Waals surface area (Å²) in [6, 6.07) is 3.27. The van der Waals surface area contributed by atoms with Crippen LogP contribution >= 0.6 is 0 Å². The zero-order chi connectivity index (χ0) is 14.0. The van der Waals surface area contributed by atoms with Gasteiger partial charge in [-0.05, 0) is 13.0 Å². The molecule has 19 heavy (non-hydrogen) atoms. The second kappa shape index (κ2) is 5.09. The summed E-state index contributed by atoms with van der Waals surface area (Å²) in [5, 5.41) is 13.0. The second-order valence-corrected chi connectivity index (χ2v) is 4.39. The summed E-state index contributed by atoms with van der Waals surface area (Å²) >= 11 is 0. The normalized spacial score (nSPS) is 10.6. The molecule has 2 rings (SSSR count). The maximum absolute atomic E-state index is 11.5. The summed E-state index contributed by atoms with van der Waals surface area (Å²) in [7, 11) is 1.86. The number of carboxylic acid groups (broad SMARTS) is 1. The van der Waals surface area contributed by atoms with Crippen molar-refractivity contribution in [1.29, 1.82) is 0 Å². The monoisotopic (exact) mass is 261 g/mol. The number of aryl methyl sites for hydroxylation is 4. The van der Waals surface area contributed by atoms with E-state index in [0.29, 0.717) is 6.54 Å². The van der Waals surface area contributed by atoms with Crippen LogP contribution in [-0.2, 0) is 20.0 Å². The summed E-state index contributed by atoms with van der Waals surface area (Å²) in [5.74, 6) is -1.20. The summed E-state index contributed by atoms with van der Waals surface area (Å²) < 4.78 is 3.55. The van der Waals surface area contributed by atoms with Gasteiger partial charge in [-0.2, -0.15) is 5.10 Å². The molecule has 0 amide bonds. The molecule has 0 saturated carbocycles. The zero-order valence-corrected chi connectivity index (χ0v) is 10.8. The Labute approximate surface area is 109 Å².